The highest BCUT2D eigenvalue weighted by Crippen LogP contribution is 2.30. The van der Waals surface area contributed by atoms with Gasteiger partial charge in [-0.1, -0.05) is 12.1 Å². The quantitative estimate of drug-likeness (QED) is 0.374. The van der Waals surface area contributed by atoms with Gasteiger partial charge in [-0.3, -0.25) is 4.99 Å². The van der Waals surface area contributed by atoms with Gasteiger partial charge in [-0.15, -0.1) is 0 Å². The Morgan fingerprint density at radius 2 is 2.04 bits per heavy atom. The van der Waals surface area contributed by atoms with Gasteiger partial charge in [-0.05, 0) is 57.4 Å². The summed E-state index contributed by atoms with van der Waals surface area (Å²) in [5.74, 6) is 0.599. The predicted octanol–water partition coefficient (Wildman–Crippen LogP) is 3.17. The van der Waals surface area contributed by atoms with Crippen molar-refractivity contribution in [3.05, 3.63) is 35.4 Å². The third-order valence-corrected chi connectivity index (χ3v) is 4.87. The van der Waals surface area contributed by atoms with E-state index in [1.165, 1.54) is 12.1 Å². The number of aliphatic hydroxyl groups is 1. The lowest BCUT2D eigenvalue weighted by Gasteiger charge is -2.29. The fourth-order valence-electron chi connectivity index (χ4n) is 3.22. The lowest BCUT2D eigenvalue weighted by molar-refractivity contribution is -0.137. The van der Waals surface area contributed by atoms with E-state index in [1.54, 1.807) is 6.07 Å². The first-order valence-electron chi connectivity index (χ1n) is 9.92. The Morgan fingerprint density at radius 1 is 1.32 bits per heavy atom. The van der Waals surface area contributed by atoms with Crippen LogP contribution < -0.4 is 10.6 Å². The number of rotatable bonds is 7. The molecule has 0 aliphatic carbocycles. The second-order valence-corrected chi connectivity index (χ2v) is 7.18. The number of hydrogen-bond acceptors (Lipinski definition) is 3. The second-order valence-electron chi connectivity index (χ2n) is 7.18. The number of nitrogens with zero attached hydrogens (tertiary/aromatic N) is 2. The molecule has 0 radical (unpaired) electrons. The van der Waals surface area contributed by atoms with Gasteiger partial charge in [0.25, 0.3) is 0 Å². The summed E-state index contributed by atoms with van der Waals surface area (Å²) in [5, 5.41) is 15.9. The molecule has 1 saturated heterocycles. The van der Waals surface area contributed by atoms with Crippen molar-refractivity contribution in [2.45, 2.75) is 51.4 Å². The number of piperidine rings is 1. The Bertz CT molecular complexity index is 628. The van der Waals surface area contributed by atoms with Gasteiger partial charge >= 0.3 is 6.18 Å². The highest BCUT2D eigenvalue weighted by atomic mass is 19.4. The molecule has 158 valence electrons. The van der Waals surface area contributed by atoms with Gasteiger partial charge < -0.3 is 20.6 Å². The fraction of sp³-hybridized carbons (Fsp3) is 0.650. The number of alkyl halides is 3. The molecule has 1 heterocycles. The van der Waals surface area contributed by atoms with Crippen LogP contribution in [0.3, 0.4) is 0 Å². The molecular weight excluding hydrogens is 369 g/mol. The van der Waals surface area contributed by atoms with Crippen LogP contribution in [0.4, 0.5) is 13.2 Å². The van der Waals surface area contributed by atoms with Crippen LogP contribution in [0.5, 0.6) is 0 Å². The zero-order chi connectivity index (χ0) is 20.6. The molecule has 5 nitrogen and oxygen atoms in total. The topological polar surface area (TPSA) is 59.9 Å². The van der Waals surface area contributed by atoms with E-state index in [0.29, 0.717) is 24.6 Å². The summed E-state index contributed by atoms with van der Waals surface area (Å²) in [6.45, 7) is 7.83. The van der Waals surface area contributed by atoms with E-state index in [1.807, 2.05) is 13.8 Å². The van der Waals surface area contributed by atoms with E-state index >= 15 is 0 Å². The largest absolute Gasteiger partial charge is 0.416 e. The van der Waals surface area contributed by atoms with E-state index in [9.17, 15) is 18.3 Å². The molecule has 0 spiro atoms. The second kappa shape index (κ2) is 10.7. The molecule has 0 aromatic heterocycles. The van der Waals surface area contributed by atoms with Crippen molar-refractivity contribution in [2.75, 3.05) is 32.7 Å². The number of nitrogens with one attached hydrogen (secondary N) is 2. The molecule has 1 atom stereocenters. The number of halogens is 3. The van der Waals surface area contributed by atoms with Crippen LogP contribution in [0, 0.1) is 0 Å². The average Bonchev–Trinajstić information content (AvgIpc) is 2.66. The molecule has 1 fully saturated rings. The Labute approximate surface area is 165 Å². The minimum atomic E-state index is -4.35. The number of aliphatic imine (C=N–C) groups is 1. The molecule has 2 rings (SSSR count). The van der Waals surface area contributed by atoms with Gasteiger partial charge in [0.2, 0.25) is 0 Å². The molecule has 1 unspecified atom stereocenters. The van der Waals surface area contributed by atoms with Crippen molar-refractivity contribution >= 4 is 5.96 Å². The Morgan fingerprint density at radius 3 is 2.68 bits per heavy atom. The summed E-state index contributed by atoms with van der Waals surface area (Å²) in [7, 11) is 0. The van der Waals surface area contributed by atoms with Crippen molar-refractivity contribution < 1.29 is 18.3 Å². The normalized spacial score (nSPS) is 18.1. The average molecular weight is 400 g/mol. The van der Waals surface area contributed by atoms with E-state index in [4.69, 9.17) is 0 Å². The maximum absolute atomic E-state index is 12.9. The van der Waals surface area contributed by atoms with Crippen LogP contribution >= 0.6 is 0 Å². The van der Waals surface area contributed by atoms with Crippen molar-refractivity contribution in [2.24, 2.45) is 4.99 Å². The van der Waals surface area contributed by atoms with Crippen LogP contribution in [-0.2, 0) is 6.18 Å². The molecule has 8 heteroatoms. The Kier molecular flexibility index (Phi) is 8.57. The molecule has 0 amide bonds. The third kappa shape index (κ3) is 7.31. The number of likely N-dealkylation sites (tertiary alicyclic amines) is 1. The molecule has 1 aliphatic heterocycles. The Hall–Kier alpha value is -1.80. The zero-order valence-electron chi connectivity index (χ0n) is 16.6. The van der Waals surface area contributed by atoms with Gasteiger partial charge in [0.1, 0.15) is 0 Å². The first-order valence-corrected chi connectivity index (χ1v) is 9.92. The van der Waals surface area contributed by atoms with Crippen LogP contribution in [0.25, 0.3) is 0 Å². The lowest BCUT2D eigenvalue weighted by atomic mass is 10.1. The molecule has 3 N–H and O–H groups in total. The highest BCUT2D eigenvalue weighted by Gasteiger charge is 2.30. The standard InChI is InChI=1S/C20H31F3N4O/c1-3-24-19(25-10-5-11-27-12-8-18(28)9-13-27)26-15(2)16-6-4-7-17(14-16)20(21,22)23/h4,6-7,14-15,18,28H,3,5,8-13H2,1-2H3,(H2,24,25,26). The van der Waals surface area contributed by atoms with Crippen LogP contribution in [0.1, 0.15) is 50.3 Å². The fourth-order valence-corrected chi connectivity index (χ4v) is 3.22. The number of hydrogen-bond donors (Lipinski definition) is 3. The number of aliphatic hydroxyl groups excluding tert-OH is 1. The van der Waals surface area contributed by atoms with Crippen molar-refractivity contribution in [1.29, 1.82) is 0 Å². The summed E-state index contributed by atoms with van der Waals surface area (Å²) in [4.78, 5) is 6.87. The van der Waals surface area contributed by atoms with E-state index in [2.05, 4.69) is 20.5 Å². The maximum Gasteiger partial charge on any atom is 0.416 e. The first-order chi connectivity index (χ1) is 13.3. The molecular formula is C20H31F3N4O. The van der Waals surface area contributed by atoms with Crippen molar-refractivity contribution in [3.63, 3.8) is 0 Å². The predicted molar refractivity (Wildman–Crippen MR) is 105 cm³/mol. The van der Waals surface area contributed by atoms with Gasteiger partial charge in [-0.25, -0.2) is 0 Å². The van der Waals surface area contributed by atoms with Gasteiger partial charge in [0.15, 0.2) is 5.96 Å². The smallest absolute Gasteiger partial charge is 0.393 e. The minimum Gasteiger partial charge on any atom is -0.393 e. The molecule has 0 saturated carbocycles. The molecule has 0 bridgehead atoms. The van der Waals surface area contributed by atoms with Crippen LogP contribution in [0.15, 0.2) is 29.3 Å². The minimum absolute atomic E-state index is 0.170. The summed E-state index contributed by atoms with van der Waals surface area (Å²) >= 11 is 0. The molecule has 28 heavy (non-hydrogen) atoms. The van der Waals surface area contributed by atoms with Gasteiger partial charge in [0, 0.05) is 26.2 Å². The first kappa shape index (κ1) is 22.5. The summed E-state index contributed by atoms with van der Waals surface area (Å²) in [5.41, 5.74) is -0.0838. The van der Waals surface area contributed by atoms with Crippen molar-refractivity contribution in [3.8, 4) is 0 Å². The maximum atomic E-state index is 12.9. The lowest BCUT2D eigenvalue weighted by Crippen LogP contribution is -2.39. The third-order valence-electron chi connectivity index (χ3n) is 4.87. The summed E-state index contributed by atoms with van der Waals surface area (Å²) < 4.78 is 38.8. The monoisotopic (exact) mass is 400 g/mol. The Balaban J connectivity index is 1.87. The SMILES string of the molecule is CCNC(=NCCCN1CCC(O)CC1)NC(C)c1cccc(C(F)(F)F)c1. The van der Waals surface area contributed by atoms with E-state index in [-0.39, 0.29) is 12.1 Å². The van der Waals surface area contributed by atoms with E-state index < -0.39 is 11.7 Å². The van der Waals surface area contributed by atoms with Crippen LogP contribution in [0.2, 0.25) is 0 Å². The number of benzene rings is 1. The molecule has 1 aromatic carbocycles. The van der Waals surface area contributed by atoms with Gasteiger partial charge in [0.05, 0.1) is 17.7 Å². The van der Waals surface area contributed by atoms with Gasteiger partial charge in [-0.2, -0.15) is 13.2 Å². The zero-order valence-corrected chi connectivity index (χ0v) is 16.6. The van der Waals surface area contributed by atoms with Crippen LogP contribution in [-0.4, -0.2) is 54.8 Å². The highest BCUT2D eigenvalue weighted by molar-refractivity contribution is 5.80. The van der Waals surface area contributed by atoms with E-state index in [0.717, 1.165) is 45.0 Å². The van der Waals surface area contributed by atoms with Crippen molar-refractivity contribution in [1.82, 2.24) is 15.5 Å². The molecule has 1 aromatic rings. The molecule has 1 aliphatic rings. The number of guanidine groups is 1. The summed E-state index contributed by atoms with van der Waals surface area (Å²) in [6.07, 6.45) is -1.98. The summed E-state index contributed by atoms with van der Waals surface area (Å²) in [6, 6.07) is 5.06.